The number of rotatable bonds is 5. The smallest absolute Gasteiger partial charge is 0.133 e. The van der Waals surface area contributed by atoms with Crippen molar-refractivity contribution in [1.29, 1.82) is 0 Å². The second-order valence-electron chi connectivity index (χ2n) is 4.50. The summed E-state index contributed by atoms with van der Waals surface area (Å²) in [6.45, 7) is 5.86. The Labute approximate surface area is 122 Å². The average molecular weight is 320 g/mol. The minimum absolute atomic E-state index is 0.772. The summed E-state index contributed by atoms with van der Waals surface area (Å²) in [4.78, 5) is 9.11. The molecule has 0 fully saturated rings. The molecule has 19 heavy (non-hydrogen) atoms. The zero-order valence-corrected chi connectivity index (χ0v) is 12.9. The molecule has 2 rings (SSSR count). The van der Waals surface area contributed by atoms with E-state index in [2.05, 4.69) is 50.3 Å². The Morgan fingerprint density at radius 3 is 2.58 bits per heavy atom. The van der Waals surface area contributed by atoms with Gasteiger partial charge in [0.2, 0.25) is 0 Å². The fourth-order valence-corrected chi connectivity index (χ4v) is 2.17. The van der Waals surface area contributed by atoms with Gasteiger partial charge in [0.15, 0.2) is 0 Å². The SMILES string of the molecule is CCNCc1cc(C)nc(Cc2ccc(Br)cc2)n1. The quantitative estimate of drug-likeness (QED) is 0.919. The minimum Gasteiger partial charge on any atom is -0.311 e. The molecule has 1 heterocycles. The maximum atomic E-state index is 4.60. The van der Waals surface area contributed by atoms with E-state index < -0.39 is 0 Å². The molecule has 2 aromatic rings. The summed E-state index contributed by atoms with van der Waals surface area (Å²) >= 11 is 3.44. The molecule has 0 saturated carbocycles. The van der Waals surface area contributed by atoms with Crippen molar-refractivity contribution in [3.05, 3.63) is 57.6 Å². The van der Waals surface area contributed by atoms with Crippen LogP contribution < -0.4 is 5.32 Å². The second kappa shape index (κ2) is 6.78. The molecular formula is C15H18BrN3. The van der Waals surface area contributed by atoms with Gasteiger partial charge in [0.05, 0.1) is 5.69 Å². The van der Waals surface area contributed by atoms with Crippen LogP contribution in [0.4, 0.5) is 0 Å². The van der Waals surface area contributed by atoms with Gasteiger partial charge in [-0.05, 0) is 37.2 Å². The summed E-state index contributed by atoms with van der Waals surface area (Å²) in [5.41, 5.74) is 3.31. The lowest BCUT2D eigenvalue weighted by molar-refractivity contribution is 0.700. The van der Waals surface area contributed by atoms with Crippen LogP contribution in [-0.4, -0.2) is 16.5 Å². The molecular weight excluding hydrogens is 302 g/mol. The summed E-state index contributed by atoms with van der Waals surface area (Å²) in [7, 11) is 0. The standard InChI is InChI=1S/C15H18BrN3/c1-3-17-10-14-8-11(2)18-15(19-14)9-12-4-6-13(16)7-5-12/h4-8,17H,3,9-10H2,1-2H3. The Morgan fingerprint density at radius 1 is 1.16 bits per heavy atom. The van der Waals surface area contributed by atoms with E-state index in [-0.39, 0.29) is 0 Å². The first-order chi connectivity index (χ1) is 9.17. The van der Waals surface area contributed by atoms with Crippen LogP contribution in [0.3, 0.4) is 0 Å². The van der Waals surface area contributed by atoms with Gasteiger partial charge in [-0.3, -0.25) is 0 Å². The third-order valence-electron chi connectivity index (χ3n) is 2.79. The zero-order valence-electron chi connectivity index (χ0n) is 11.3. The fourth-order valence-electron chi connectivity index (χ4n) is 1.91. The first-order valence-corrected chi connectivity index (χ1v) is 7.25. The van der Waals surface area contributed by atoms with Crippen LogP contribution in [-0.2, 0) is 13.0 Å². The van der Waals surface area contributed by atoms with Crippen LogP contribution in [0.2, 0.25) is 0 Å². The molecule has 0 aliphatic carbocycles. The van der Waals surface area contributed by atoms with Gasteiger partial charge in [-0.2, -0.15) is 0 Å². The molecule has 3 nitrogen and oxygen atoms in total. The van der Waals surface area contributed by atoms with E-state index in [1.165, 1.54) is 5.56 Å². The number of aryl methyl sites for hydroxylation is 1. The summed E-state index contributed by atoms with van der Waals surface area (Å²) in [6, 6.07) is 10.3. The van der Waals surface area contributed by atoms with Gasteiger partial charge in [0, 0.05) is 23.1 Å². The van der Waals surface area contributed by atoms with Gasteiger partial charge in [-0.1, -0.05) is 35.0 Å². The van der Waals surface area contributed by atoms with Crippen molar-refractivity contribution in [2.24, 2.45) is 0 Å². The lowest BCUT2D eigenvalue weighted by Gasteiger charge is -2.07. The molecule has 0 saturated heterocycles. The van der Waals surface area contributed by atoms with E-state index in [1.807, 2.05) is 25.1 Å². The van der Waals surface area contributed by atoms with Crippen LogP contribution in [0, 0.1) is 6.92 Å². The fraction of sp³-hybridized carbons (Fsp3) is 0.333. The van der Waals surface area contributed by atoms with E-state index in [0.29, 0.717) is 0 Å². The predicted octanol–water partition coefficient (Wildman–Crippen LogP) is 3.25. The van der Waals surface area contributed by atoms with Crippen LogP contribution in [0.25, 0.3) is 0 Å². The van der Waals surface area contributed by atoms with Crippen molar-refractivity contribution in [2.45, 2.75) is 26.8 Å². The molecule has 0 radical (unpaired) electrons. The van der Waals surface area contributed by atoms with Crippen molar-refractivity contribution < 1.29 is 0 Å². The maximum absolute atomic E-state index is 4.60. The Hall–Kier alpha value is -1.26. The molecule has 0 aliphatic rings. The first kappa shape index (κ1) is 14.2. The Morgan fingerprint density at radius 2 is 1.89 bits per heavy atom. The third kappa shape index (κ3) is 4.40. The molecule has 1 N–H and O–H groups in total. The predicted molar refractivity (Wildman–Crippen MR) is 81.1 cm³/mol. The zero-order chi connectivity index (χ0) is 13.7. The number of halogens is 1. The molecule has 1 aromatic carbocycles. The van der Waals surface area contributed by atoms with Gasteiger partial charge in [-0.25, -0.2) is 9.97 Å². The normalized spacial score (nSPS) is 10.7. The molecule has 0 bridgehead atoms. The highest BCUT2D eigenvalue weighted by Gasteiger charge is 2.03. The van der Waals surface area contributed by atoms with Crippen molar-refractivity contribution in [1.82, 2.24) is 15.3 Å². The average Bonchev–Trinajstić information content (AvgIpc) is 2.38. The van der Waals surface area contributed by atoms with Crippen molar-refractivity contribution in [2.75, 3.05) is 6.54 Å². The van der Waals surface area contributed by atoms with Crippen molar-refractivity contribution >= 4 is 15.9 Å². The highest BCUT2D eigenvalue weighted by Crippen LogP contribution is 2.13. The number of nitrogens with one attached hydrogen (secondary N) is 1. The minimum atomic E-state index is 0.772. The molecule has 0 amide bonds. The van der Waals surface area contributed by atoms with Gasteiger partial charge in [-0.15, -0.1) is 0 Å². The molecule has 0 atom stereocenters. The summed E-state index contributed by atoms with van der Waals surface area (Å²) in [6.07, 6.45) is 0.772. The Balaban J connectivity index is 2.15. The van der Waals surface area contributed by atoms with Gasteiger partial charge in [0.1, 0.15) is 5.82 Å². The third-order valence-corrected chi connectivity index (χ3v) is 3.31. The number of hydrogen-bond donors (Lipinski definition) is 1. The van der Waals surface area contributed by atoms with Crippen LogP contribution in [0.1, 0.15) is 29.7 Å². The summed E-state index contributed by atoms with van der Waals surface area (Å²) in [5, 5.41) is 3.29. The first-order valence-electron chi connectivity index (χ1n) is 6.46. The largest absolute Gasteiger partial charge is 0.311 e. The summed E-state index contributed by atoms with van der Waals surface area (Å²) < 4.78 is 1.09. The highest BCUT2D eigenvalue weighted by atomic mass is 79.9. The van der Waals surface area contributed by atoms with Crippen LogP contribution in [0.15, 0.2) is 34.8 Å². The molecule has 0 aliphatic heterocycles. The molecule has 1 aromatic heterocycles. The lowest BCUT2D eigenvalue weighted by atomic mass is 10.1. The number of hydrogen-bond acceptors (Lipinski definition) is 3. The molecule has 100 valence electrons. The van der Waals surface area contributed by atoms with Crippen LogP contribution in [0.5, 0.6) is 0 Å². The van der Waals surface area contributed by atoms with Crippen molar-refractivity contribution in [3.63, 3.8) is 0 Å². The van der Waals surface area contributed by atoms with E-state index >= 15 is 0 Å². The van der Waals surface area contributed by atoms with E-state index in [0.717, 1.165) is 41.2 Å². The summed E-state index contributed by atoms with van der Waals surface area (Å²) in [5.74, 6) is 0.884. The number of nitrogens with zero attached hydrogens (tertiary/aromatic N) is 2. The van der Waals surface area contributed by atoms with E-state index in [1.54, 1.807) is 0 Å². The highest BCUT2D eigenvalue weighted by molar-refractivity contribution is 9.10. The molecule has 0 unspecified atom stereocenters. The molecule has 4 heteroatoms. The molecule has 0 spiro atoms. The van der Waals surface area contributed by atoms with E-state index in [4.69, 9.17) is 0 Å². The van der Waals surface area contributed by atoms with Crippen LogP contribution >= 0.6 is 15.9 Å². The van der Waals surface area contributed by atoms with Crippen molar-refractivity contribution in [3.8, 4) is 0 Å². The monoisotopic (exact) mass is 319 g/mol. The Bertz CT molecular complexity index is 538. The lowest BCUT2D eigenvalue weighted by Crippen LogP contribution is -2.14. The van der Waals surface area contributed by atoms with Gasteiger partial charge in [0.25, 0.3) is 0 Å². The maximum Gasteiger partial charge on any atom is 0.133 e. The number of benzene rings is 1. The topological polar surface area (TPSA) is 37.8 Å². The van der Waals surface area contributed by atoms with E-state index in [9.17, 15) is 0 Å². The van der Waals surface area contributed by atoms with Gasteiger partial charge < -0.3 is 5.32 Å². The number of aromatic nitrogens is 2. The second-order valence-corrected chi connectivity index (χ2v) is 5.42. The van der Waals surface area contributed by atoms with Gasteiger partial charge >= 0.3 is 0 Å². The Kier molecular flexibility index (Phi) is 5.05.